The van der Waals surface area contributed by atoms with Crippen LogP contribution in [0.4, 0.5) is 0 Å². The third-order valence-electron chi connectivity index (χ3n) is 6.96. The second-order valence-corrected chi connectivity index (χ2v) is 7.99. The number of aromatic amines is 1. The van der Waals surface area contributed by atoms with Crippen molar-refractivity contribution >= 4 is 10.9 Å². The summed E-state index contributed by atoms with van der Waals surface area (Å²) < 4.78 is 0. The average Bonchev–Trinajstić information content (AvgIpc) is 2.96. The van der Waals surface area contributed by atoms with Crippen molar-refractivity contribution in [1.29, 1.82) is 0 Å². The van der Waals surface area contributed by atoms with E-state index in [1.165, 1.54) is 48.9 Å². The number of nitrogens with one attached hydrogen (secondary N) is 1. The summed E-state index contributed by atoms with van der Waals surface area (Å²) in [7, 11) is 0. The van der Waals surface area contributed by atoms with E-state index in [1.54, 1.807) is 5.56 Å². The van der Waals surface area contributed by atoms with E-state index < -0.39 is 0 Å². The van der Waals surface area contributed by atoms with Crippen LogP contribution in [-0.4, -0.2) is 34.2 Å². The molecule has 0 spiro atoms. The summed E-state index contributed by atoms with van der Waals surface area (Å²) in [6, 6.07) is 9.27. The van der Waals surface area contributed by atoms with Gasteiger partial charge >= 0.3 is 0 Å². The van der Waals surface area contributed by atoms with Gasteiger partial charge in [-0.25, -0.2) is 0 Å². The van der Waals surface area contributed by atoms with E-state index in [0.29, 0.717) is 17.9 Å². The zero-order valence-electron chi connectivity index (χ0n) is 13.8. The third kappa shape index (κ3) is 2.03. The van der Waals surface area contributed by atoms with E-state index in [4.69, 9.17) is 0 Å². The van der Waals surface area contributed by atoms with Gasteiger partial charge in [-0.1, -0.05) is 25.1 Å². The predicted molar refractivity (Wildman–Crippen MR) is 92.3 cm³/mol. The Balaban J connectivity index is 1.54. The summed E-state index contributed by atoms with van der Waals surface area (Å²) in [4.78, 5) is 6.44. The molecule has 5 atom stereocenters. The largest absolute Gasteiger partial charge is 0.393 e. The Morgan fingerprint density at radius 2 is 2.09 bits per heavy atom. The number of aromatic nitrogens is 1. The third-order valence-corrected chi connectivity index (χ3v) is 6.96. The van der Waals surface area contributed by atoms with Gasteiger partial charge in [0.2, 0.25) is 0 Å². The van der Waals surface area contributed by atoms with Crippen molar-refractivity contribution in [3.63, 3.8) is 0 Å². The Bertz CT molecular complexity index is 736. The summed E-state index contributed by atoms with van der Waals surface area (Å²) in [6.45, 7) is 4.69. The van der Waals surface area contributed by atoms with E-state index >= 15 is 0 Å². The maximum absolute atomic E-state index is 10.3. The molecule has 23 heavy (non-hydrogen) atoms. The minimum Gasteiger partial charge on any atom is -0.393 e. The van der Waals surface area contributed by atoms with E-state index in [9.17, 15) is 5.11 Å². The molecule has 1 saturated carbocycles. The molecule has 5 rings (SSSR count). The van der Waals surface area contributed by atoms with Crippen LogP contribution in [0.1, 0.15) is 43.5 Å². The number of H-pyrrole nitrogens is 1. The van der Waals surface area contributed by atoms with Gasteiger partial charge in [0.05, 0.1) is 12.1 Å². The molecule has 3 nitrogen and oxygen atoms in total. The molecule has 0 radical (unpaired) electrons. The van der Waals surface area contributed by atoms with Gasteiger partial charge in [-0.05, 0) is 55.1 Å². The molecule has 2 aromatic rings. The fourth-order valence-corrected chi connectivity index (χ4v) is 5.62. The second-order valence-electron chi connectivity index (χ2n) is 7.99. The minimum absolute atomic E-state index is 0.0893. The lowest BCUT2D eigenvalue weighted by Crippen LogP contribution is -2.50. The summed E-state index contributed by atoms with van der Waals surface area (Å²) in [5, 5.41) is 11.7. The minimum atomic E-state index is -0.0893. The highest BCUT2D eigenvalue weighted by Crippen LogP contribution is 2.48. The number of fused-ring (bicyclic) bond motifs is 6. The van der Waals surface area contributed by atoms with E-state index in [-0.39, 0.29) is 6.10 Å². The number of hydrogen-bond donors (Lipinski definition) is 2. The Hall–Kier alpha value is -1.32. The molecule has 1 aromatic heterocycles. The van der Waals surface area contributed by atoms with Crippen LogP contribution in [0.5, 0.6) is 0 Å². The molecular formula is C20H26N2O. The van der Waals surface area contributed by atoms with Gasteiger partial charge in [-0.2, -0.15) is 0 Å². The molecule has 3 aliphatic rings. The molecule has 3 heteroatoms. The van der Waals surface area contributed by atoms with E-state index in [1.807, 2.05) is 0 Å². The number of aliphatic hydroxyl groups is 1. The van der Waals surface area contributed by atoms with Crippen molar-refractivity contribution in [2.75, 3.05) is 13.1 Å². The van der Waals surface area contributed by atoms with Gasteiger partial charge < -0.3 is 10.1 Å². The van der Waals surface area contributed by atoms with Crippen molar-refractivity contribution in [3.05, 3.63) is 35.5 Å². The van der Waals surface area contributed by atoms with Gasteiger partial charge in [0, 0.05) is 29.7 Å². The lowest BCUT2D eigenvalue weighted by Gasteiger charge is -2.51. The number of rotatable bonds is 0. The van der Waals surface area contributed by atoms with Crippen molar-refractivity contribution in [2.45, 2.75) is 44.8 Å². The van der Waals surface area contributed by atoms with Crippen molar-refractivity contribution in [2.24, 2.45) is 17.8 Å². The zero-order valence-corrected chi connectivity index (χ0v) is 13.8. The average molecular weight is 310 g/mol. The van der Waals surface area contributed by atoms with Gasteiger partial charge in [0.1, 0.15) is 0 Å². The molecule has 1 aliphatic carbocycles. The lowest BCUT2D eigenvalue weighted by molar-refractivity contribution is -0.0492. The topological polar surface area (TPSA) is 39.3 Å². The Morgan fingerprint density at radius 1 is 1.22 bits per heavy atom. The molecule has 2 fully saturated rings. The molecule has 3 heterocycles. The van der Waals surface area contributed by atoms with Gasteiger partial charge in [-0.15, -0.1) is 0 Å². The monoisotopic (exact) mass is 310 g/mol. The zero-order chi connectivity index (χ0) is 15.6. The van der Waals surface area contributed by atoms with Crippen molar-refractivity contribution in [3.8, 4) is 0 Å². The molecule has 1 aromatic carbocycles. The first-order valence-electron chi connectivity index (χ1n) is 9.24. The van der Waals surface area contributed by atoms with Crippen LogP contribution in [0.15, 0.2) is 24.3 Å². The summed E-state index contributed by atoms with van der Waals surface area (Å²) >= 11 is 0. The molecule has 122 valence electrons. The summed E-state index contributed by atoms with van der Waals surface area (Å²) in [6.07, 6.45) is 4.50. The summed E-state index contributed by atoms with van der Waals surface area (Å²) in [5.41, 5.74) is 4.30. The van der Waals surface area contributed by atoms with E-state index in [0.717, 1.165) is 12.3 Å². The standard InChI is InChI=1S/C20H26N2O/c1-12-16-10-18-20-15(14-4-2-3-5-17(14)21-20)8-9-22(18)11-13(16)6-7-19(12)23/h2-5,12-13,16,18-19,21,23H,6-11H2,1H3/t12-,13+,16+,18-,19-/m0/s1. The Morgan fingerprint density at radius 3 is 3.00 bits per heavy atom. The van der Waals surface area contributed by atoms with Crippen molar-refractivity contribution < 1.29 is 5.11 Å². The first kappa shape index (κ1) is 14.1. The molecular weight excluding hydrogens is 284 g/mol. The smallest absolute Gasteiger partial charge is 0.0568 e. The van der Waals surface area contributed by atoms with Crippen LogP contribution in [0.3, 0.4) is 0 Å². The maximum atomic E-state index is 10.3. The van der Waals surface area contributed by atoms with Crippen LogP contribution in [0.25, 0.3) is 10.9 Å². The molecule has 2 aliphatic heterocycles. The van der Waals surface area contributed by atoms with Crippen LogP contribution in [0, 0.1) is 17.8 Å². The second kappa shape index (κ2) is 5.09. The molecule has 0 amide bonds. The van der Waals surface area contributed by atoms with Crippen LogP contribution < -0.4 is 0 Å². The normalized spacial score (nSPS) is 37.2. The lowest BCUT2D eigenvalue weighted by atomic mass is 9.65. The highest BCUT2D eigenvalue weighted by Gasteiger charge is 2.45. The number of benzene rings is 1. The van der Waals surface area contributed by atoms with Crippen LogP contribution in [-0.2, 0) is 6.42 Å². The van der Waals surface area contributed by atoms with Crippen LogP contribution >= 0.6 is 0 Å². The molecule has 0 bridgehead atoms. The Kier molecular flexibility index (Phi) is 3.11. The van der Waals surface area contributed by atoms with Gasteiger partial charge in [0.15, 0.2) is 0 Å². The number of para-hydroxylation sites is 1. The quantitative estimate of drug-likeness (QED) is 0.782. The first-order valence-corrected chi connectivity index (χ1v) is 9.24. The van der Waals surface area contributed by atoms with Crippen LogP contribution in [0.2, 0.25) is 0 Å². The number of nitrogens with zero attached hydrogens (tertiary/aromatic N) is 1. The molecule has 0 unspecified atom stereocenters. The first-order chi connectivity index (χ1) is 11.2. The van der Waals surface area contributed by atoms with E-state index in [2.05, 4.69) is 41.1 Å². The number of aliphatic hydroxyl groups excluding tert-OH is 1. The molecule has 2 N–H and O–H groups in total. The predicted octanol–water partition coefficient (Wildman–Crippen LogP) is 3.49. The molecule has 1 saturated heterocycles. The van der Waals surface area contributed by atoms with Crippen molar-refractivity contribution in [1.82, 2.24) is 9.88 Å². The number of hydrogen-bond acceptors (Lipinski definition) is 2. The number of piperidine rings is 1. The SMILES string of the molecule is C[C@H]1[C@H]2C[C@H]3c4[nH]c5ccccc5c4CCN3C[C@H]2CC[C@@H]1O. The van der Waals surface area contributed by atoms with Gasteiger partial charge in [0.25, 0.3) is 0 Å². The summed E-state index contributed by atoms with van der Waals surface area (Å²) in [5.74, 6) is 1.92. The van der Waals surface area contributed by atoms with Gasteiger partial charge in [-0.3, -0.25) is 4.90 Å². The fraction of sp³-hybridized carbons (Fsp3) is 0.600. The maximum Gasteiger partial charge on any atom is 0.0568 e. The fourth-order valence-electron chi connectivity index (χ4n) is 5.62. The highest BCUT2D eigenvalue weighted by molar-refractivity contribution is 5.85. The Labute approximate surface area is 137 Å². The highest BCUT2D eigenvalue weighted by atomic mass is 16.3.